The molecular formula is C17H15N3O2. The van der Waals surface area contributed by atoms with Gasteiger partial charge in [-0.25, -0.2) is 0 Å². The highest BCUT2D eigenvalue weighted by molar-refractivity contribution is 5.79. The summed E-state index contributed by atoms with van der Waals surface area (Å²) in [5, 5.41) is 23.2. The van der Waals surface area contributed by atoms with Gasteiger partial charge in [0.1, 0.15) is 5.70 Å². The fraction of sp³-hybridized carbons (Fsp3) is 0.118. The van der Waals surface area contributed by atoms with Crippen LogP contribution >= 0.6 is 0 Å². The van der Waals surface area contributed by atoms with Crippen LogP contribution in [-0.4, -0.2) is 4.92 Å². The fourth-order valence-corrected chi connectivity index (χ4v) is 1.96. The molecule has 110 valence electrons. The number of nitrogens with one attached hydrogen (secondary N) is 1. The molecule has 2 aromatic carbocycles. The Morgan fingerprint density at radius 2 is 1.55 bits per heavy atom. The van der Waals surface area contributed by atoms with Crippen molar-refractivity contribution in [2.75, 3.05) is 5.32 Å². The zero-order valence-corrected chi connectivity index (χ0v) is 12.3. The quantitative estimate of drug-likeness (QED) is 0.527. The zero-order valence-electron chi connectivity index (χ0n) is 12.3. The number of hydrogen-bond acceptors (Lipinski definition) is 4. The van der Waals surface area contributed by atoms with E-state index in [9.17, 15) is 10.1 Å². The predicted octanol–water partition coefficient (Wildman–Crippen LogP) is 3.88. The van der Waals surface area contributed by atoms with Crippen LogP contribution in [-0.2, 0) is 0 Å². The van der Waals surface area contributed by atoms with Crippen molar-refractivity contribution >= 4 is 11.4 Å². The summed E-state index contributed by atoms with van der Waals surface area (Å²) in [6, 6.07) is 16.3. The molecule has 22 heavy (non-hydrogen) atoms. The second kappa shape index (κ2) is 6.55. The molecule has 0 aliphatic rings. The minimum absolute atomic E-state index is 0.191. The van der Waals surface area contributed by atoms with E-state index >= 15 is 0 Å². The van der Waals surface area contributed by atoms with E-state index < -0.39 is 10.6 Å². The Labute approximate surface area is 128 Å². The molecule has 2 rings (SSSR count). The van der Waals surface area contributed by atoms with Gasteiger partial charge in [-0.3, -0.25) is 10.1 Å². The van der Waals surface area contributed by atoms with Crippen LogP contribution in [0, 0.1) is 35.3 Å². The molecule has 0 atom stereocenters. The summed E-state index contributed by atoms with van der Waals surface area (Å²) in [4.78, 5) is 10.5. The Balaban J connectivity index is 2.51. The number of rotatable bonds is 4. The van der Waals surface area contributed by atoms with Crippen LogP contribution in [0.25, 0.3) is 5.70 Å². The number of nitriles is 1. The van der Waals surface area contributed by atoms with Crippen molar-refractivity contribution in [2.24, 2.45) is 0 Å². The van der Waals surface area contributed by atoms with E-state index in [0.29, 0.717) is 11.3 Å². The lowest BCUT2D eigenvalue weighted by molar-refractivity contribution is -0.416. The molecule has 0 aromatic heterocycles. The Hall–Kier alpha value is -3.13. The highest BCUT2D eigenvalue weighted by atomic mass is 16.6. The monoisotopic (exact) mass is 293 g/mol. The normalized spacial score (nSPS) is 11.3. The van der Waals surface area contributed by atoms with Gasteiger partial charge < -0.3 is 5.32 Å². The third-order valence-corrected chi connectivity index (χ3v) is 3.19. The van der Waals surface area contributed by atoms with Crippen LogP contribution in [0.4, 0.5) is 5.69 Å². The van der Waals surface area contributed by atoms with Crippen molar-refractivity contribution in [1.82, 2.24) is 0 Å². The Bertz CT molecular complexity index is 754. The predicted molar refractivity (Wildman–Crippen MR) is 85.5 cm³/mol. The van der Waals surface area contributed by atoms with Gasteiger partial charge in [0, 0.05) is 11.3 Å². The van der Waals surface area contributed by atoms with Crippen LogP contribution in [0.1, 0.15) is 16.7 Å². The first-order chi connectivity index (χ1) is 10.5. The third kappa shape index (κ3) is 3.49. The van der Waals surface area contributed by atoms with Crippen molar-refractivity contribution in [3.63, 3.8) is 0 Å². The maximum absolute atomic E-state index is 11.1. The van der Waals surface area contributed by atoms with Crippen LogP contribution in [0.3, 0.4) is 0 Å². The molecule has 0 saturated carbocycles. The fourth-order valence-electron chi connectivity index (χ4n) is 1.96. The van der Waals surface area contributed by atoms with E-state index in [1.54, 1.807) is 18.2 Å². The lowest BCUT2D eigenvalue weighted by Gasteiger charge is -2.11. The number of hydrogen-bond donors (Lipinski definition) is 1. The molecule has 0 fully saturated rings. The zero-order chi connectivity index (χ0) is 16.1. The molecule has 0 heterocycles. The first kappa shape index (κ1) is 15.3. The number of anilines is 1. The second-order valence-electron chi connectivity index (χ2n) is 4.95. The molecule has 2 aromatic rings. The van der Waals surface area contributed by atoms with Gasteiger partial charge in [0.25, 0.3) is 0 Å². The van der Waals surface area contributed by atoms with Crippen molar-refractivity contribution < 1.29 is 4.92 Å². The molecule has 0 aliphatic heterocycles. The van der Waals surface area contributed by atoms with Gasteiger partial charge in [-0.1, -0.05) is 47.5 Å². The Kier molecular flexibility index (Phi) is 4.54. The van der Waals surface area contributed by atoms with Gasteiger partial charge in [-0.2, -0.15) is 5.26 Å². The van der Waals surface area contributed by atoms with Crippen molar-refractivity contribution in [3.8, 4) is 6.07 Å². The van der Waals surface area contributed by atoms with Crippen LogP contribution < -0.4 is 5.32 Å². The molecular weight excluding hydrogens is 278 g/mol. The molecule has 0 spiro atoms. The number of nitrogens with zero attached hydrogens (tertiary/aromatic N) is 2. The summed E-state index contributed by atoms with van der Waals surface area (Å²) in [6.45, 7) is 3.89. The van der Waals surface area contributed by atoms with Crippen molar-refractivity contribution in [3.05, 3.63) is 81.0 Å². The summed E-state index contributed by atoms with van der Waals surface area (Å²) < 4.78 is 0. The molecule has 0 unspecified atom stereocenters. The van der Waals surface area contributed by atoms with Gasteiger partial charge in [0.05, 0.1) is 4.92 Å². The SMILES string of the molecule is Cc1ccc(N/C(=C(/C#N)[N+](=O)[O-])c2ccc(C)cc2)cc1. The van der Waals surface area contributed by atoms with Gasteiger partial charge in [0.15, 0.2) is 6.07 Å². The number of allylic oxidation sites excluding steroid dienone is 1. The molecule has 0 radical (unpaired) electrons. The first-order valence-electron chi connectivity index (χ1n) is 6.71. The largest absolute Gasteiger partial charge is 0.369 e. The van der Waals surface area contributed by atoms with E-state index in [1.165, 1.54) is 0 Å². The van der Waals surface area contributed by atoms with E-state index in [0.717, 1.165) is 11.1 Å². The highest BCUT2D eigenvalue weighted by Crippen LogP contribution is 2.23. The van der Waals surface area contributed by atoms with Crippen LogP contribution in [0.2, 0.25) is 0 Å². The minimum atomic E-state index is -0.670. The second-order valence-corrected chi connectivity index (χ2v) is 4.95. The van der Waals surface area contributed by atoms with Gasteiger partial charge in [-0.15, -0.1) is 0 Å². The van der Waals surface area contributed by atoms with Crippen LogP contribution in [0.5, 0.6) is 0 Å². The minimum Gasteiger partial charge on any atom is -0.349 e. The number of benzene rings is 2. The van der Waals surface area contributed by atoms with Crippen LogP contribution in [0.15, 0.2) is 54.2 Å². The maximum atomic E-state index is 11.1. The summed E-state index contributed by atoms with van der Waals surface area (Å²) in [5.41, 5.74) is 3.09. The van der Waals surface area contributed by atoms with Crippen molar-refractivity contribution in [1.29, 1.82) is 5.26 Å². The maximum Gasteiger partial charge on any atom is 0.369 e. The Morgan fingerprint density at radius 1 is 1.05 bits per heavy atom. The molecule has 0 saturated heterocycles. The lowest BCUT2D eigenvalue weighted by atomic mass is 10.1. The smallest absolute Gasteiger partial charge is 0.349 e. The van der Waals surface area contributed by atoms with Gasteiger partial charge in [0.2, 0.25) is 0 Å². The molecule has 0 amide bonds. The summed E-state index contributed by atoms with van der Waals surface area (Å²) in [7, 11) is 0. The van der Waals surface area contributed by atoms with E-state index in [-0.39, 0.29) is 5.70 Å². The molecule has 0 aliphatic carbocycles. The first-order valence-corrected chi connectivity index (χ1v) is 6.71. The molecule has 5 heteroatoms. The standard InChI is InChI=1S/C17H15N3O2/c1-12-3-7-14(8-4-12)17(16(11-18)20(21)22)19-15-9-5-13(2)6-10-15/h3-10,19H,1-2H3/b17-16-. The summed E-state index contributed by atoms with van der Waals surface area (Å²) in [5.74, 6) is 0. The van der Waals surface area contributed by atoms with E-state index in [1.807, 2.05) is 50.2 Å². The van der Waals surface area contributed by atoms with E-state index in [4.69, 9.17) is 5.26 Å². The summed E-state index contributed by atoms with van der Waals surface area (Å²) >= 11 is 0. The highest BCUT2D eigenvalue weighted by Gasteiger charge is 2.20. The molecule has 5 nitrogen and oxygen atoms in total. The van der Waals surface area contributed by atoms with Gasteiger partial charge in [-0.05, 0) is 26.0 Å². The number of aryl methyl sites for hydroxylation is 2. The average molecular weight is 293 g/mol. The average Bonchev–Trinajstić information content (AvgIpc) is 2.49. The molecule has 1 N–H and O–H groups in total. The van der Waals surface area contributed by atoms with Crippen molar-refractivity contribution in [2.45, 2.75) is 13.8 Å². The van der Waals surface area contributed by atoms with Gasteiger partial charge >= 0.3 is 5.70 Å². The lowest BCUT2D eigenvalue weighted by Crippen LogP contribution is -2.08. The molecule has 0 bridgehead atoms. The number of nitro groups is 1. The summed E-state index contributed by atoms with van der Waals surface area (Å²) in [6.07, 6.45) is 0. The topological polar surface area (TPSA) is 79.0 Å². The Morgan fingerprint density at radius 3 is 2.00 bits per heavy atom. The van der Waals surface area contributed by atoms with E-state index in [2.05, 4.69) is 5.32 Å². The third-order valence-electron chi connectivity index (χ3n) is 3.19.